The number of imide groups is 1. The van der Waals surface area contributed by atoms with E-state index in [1.807, 2.05) is 24.3 Å². The summed E-state index contributed by atoms with van der Waals surface area (Å²) >= 11 is 0. The Hall–Kier alpha value is -2.43. The number of carbonyl (C=O) groups excluding carboxylic acids is 3. The molecule has 0 saturated carbocycles. The zero-order chi connectivity index (χ0) is 15.9. The molecule has 2 amide bonds. The van der Waals surface area contributed by atoms with Crippen LogP contribution in [0.5, 0.6) is 0 Å². The van der Waals surface area contributed by atoms with Gasteiger partial charge in [-0.05, 0) is 24.0 Å². The van der Waals surface area contributed by atoms with Crippen LogP contribution in [-0.4, -0.2) is 17.8 Å². The highest BCUT2D eigenvalue weighted by atomic mass is 16.5. The molecule has 1 aromatic rings. The Balaban J connectivity index is 1.80. The van der Waals surface area contributed by atoms with Gasteiger partial charge in [0.2, 0.25) is 0 Å². The van der Waals surface area contributed by atoms with Gasteiger partial charge < -0.3 is 4.74 Å². The van der Waals surface area contributed by atoms with Gasteiger partial charge in [-0.2, -0.15) is 0 Å². The van der Waals surface area contributed by atoms with Crippen LogP contribution in [-0.2, 0) is 32.1 Å². The molecule has 1 aliphatic rings. The molecule has 0 spiro atoms. The van der Waals surface area contributed by atoms with Crippen molar-refractivity contribution in [3.05, 3.63) is 47.0 Å². The van der Waals surface area contributed by atoms with Crippen LogP contribution >= 0.6 is 0 Å². The van der Waals surface area contributed by atoms with Gasteiger partial charge in [-0.25, -0.2) is 0 Å². The van der Waals surface area contributed by atoms with E-state index in [2.05, 4.69) is 12.2 Å². The van der Waals surface area contributed by atoms with Crippen molar-refractivity contribution in [2.75, 3.05) is 0 Å². The fourth-order valence-corrected chi connectivity index (χ4v) is 2.14. The molecule has 1 aromatic carbocycles. The summed E-state index contributed by atoms with van der Waals surface area (Å²) < 4.78 is 5.12. The van der Waals surface area contributed by atoms with Crippen molar-refractivity contribution in [1.82, 2.24) is 5.32 Å². The Morgan fingerprint density at radius 2 is 1.82 bits per heavy atom. The number of hydrogen-bond acceptors (Lipinski definition) is 4. The van der Waals surface area contributed by atoms with Crippen LogP contribution in [0.25, 0.3) is 0 Å². The van der Waals surface area contributed by atoms with E-state index in [0.29, 0.717) is 0 Å². The predicted molar refractivity (Wildman–Crippen MR) is 80.7 cm³/mol. The molecule has 0 atom stereocenters. The zero-order valence-corrected chi connectivity index (χ0v) is 12.6. The van der Waals surface area contributed by atoms with Crippen LogP contribution in [0.3, 0.4) is 0 Å². The summed E-state index contributed by atoms with van der Waals surface area (Å²) in [4.78, 5) is 34.0. The molecule has 1 heterocycles. The Morgan fingerprint density at radius 3 is 2.41 bits per heavy atom. The third-order valence-electron chi connectivity index (χ3n) is 3.41. The molecule has 2 rings (SSSR count). The zero-order valence-electron chi connectivity index (χ0n) is 12.6. The summed E-state index contributed by atoms with van der Waals surface area (Å²) in [5.74, 6) is -1.54. The lowest BCUT2D eigenvalue weighted by Gasteiger charge is -2.06. The van der Waals surface area contributed by atoms with E-state index in [-0.39, 0.29) is 18.6 Å². The maximum Gasteiger partial charge on any atom is 0.310 e. The lowest BCUT2D eigenvalue weighted by atomic mass is 10.1. The first kappa shape index (κ1) is 15.9. The van der Waals surface area contributed by atoms with E-state index in [0.717, 1.165) is 30.9 Å². The van der Waals surface area contributed by atoms with Crippen LogP contribution < -0.4 is 5.32 Å². The second-order valence-corrected chi connectivity index (χ2v) is 5.25. The lowest BCUT2D eigenvalue weighted by Crippen LogP contribution is -2.23. The molecule has 0 aliphatic carbocycles. The van der Waals surface area contributed by atoms with Crippen LogP contribution in [0.2, 0.25) is 0 Å². The molecular weight excluding hydrogens is 282 g/mol. The van der Waals surface area contributed by atoms with Crippen molar-refractivity contribution in [3.8, 4) is 0 Å². The van der Waals surface area contributed by atoms with Crippen LogP contribution in [0.4, 0.5) is 0 Å². The van der Waals surface area contributed by atoms with Crippen molar-refractivity contribution >= 4 is 17.8 Å². The molecule has 0 aromatic heterocycles. The molecule has 0 saturated heterocycles. The Labute approximate surface area is 129 Å². The third kappa shape index (κ3) is 4.55. The normalized spacial score (nSPS) is 13.8. The van der Waals surface area contributed by atoms with E-state index in [9.17, 15) is 14.4 Å². The molecule has 1 aliphatic heterocycles. The van der Waals surface area contributed by atoms with Gasteiger partial charge in [-0.3, -0.25) is 19.7 Å². The van der Waals surface area contributed by atoms with Crippen molar-refractivity contribution in [1.29, 1.82) is 0 Å². The summed E-state index contributed by atoms with van der Waals surface area (Å²) in [6.07, 6.45) is 4.31. The third-order valence-corrected chi connectivity index (χ3v) is 3.41. The number of amides is 2. The first-order valence-corrected chi connectivity index (χ1v) is 7.38. The molecule has 5 nitrogen and oxygen atoms in total. The largest absolute Gasteiger partial charge is 0.461 e. The number of esters is 1. The molecule has 5 heteroatoms. The SMILES string of the molecule is CCCCc1ccc(COC(=O)CC2=CC(=O)NC2=O)cc1. The number of aryl methyl sites for hydroxylation is 1. The van der Waals surface area contributed by atoms with Gasteiger partial charge in [-0.15, -0.1) is 0 Å². The Morgan fingerprint density at radius 1 is 1.14 bits per heavy atom. The summed E-state index contributed by atoms with van der Waals surface area (Å²) in [6, 6.07) is 7.93. The van der Waals surface area contributed by atoms with Gasteiger partial charge in [0.25, 0.3) is 11.8 Å². The van der Waals surface area contributed by atoms with Gasteiger partial charge >= 0.3 is 5.97 Å². The van der Waals surface area contributed by atoms with Crippen molar-refractivity contribution in [2.45, 2.75) is 39.2 Å². The lowest BCUT2D eigenvalue weighted by molar-refractivity contribution is -0.144. The van der Waals surface area contributed by atoms with E-state index in [1.165, 1.54) is 5.56 Å². The molecule has 1 N–H and O–H groups in total. The van der Waals surface area contributed by atoms with E-state index in [1.54, 1.807) is 0 Å². The number of hydrogen-bond donors (Lipinski definition) is 1. The molecule has 0 unspecified atom stereocenters. The number of carbonyl (C=O) groups is 3. The number of nitrogens with one attached hydrogen (secondary N) is 1. The van der Waals surface area contributed by atoms with Crippen molar-refractivity contribution in [3.63, 3.8) is 0 Å². The van der Waals surface area contributed by atoms with Gasteiger partial charge in [0.15, 0.2) is 0 Å². The smallest absolute Gasteiger partial charge is 0.310 e. The number of unbranched alkanes of at least 4 members (excludes halogenated alkanes) is 1. The quantitative estimate of drug-likeness (QED) is 0.618. The number of benzene rings is 1. The first-order valence-electron chi connectivity index (χ1n) is 7.38. The summed E-state index contributed by atoms with van der Waals surface area (Å²) in [5, 5.41) is 2.09. The summed E-state index contributed by atoms with van der Waals surface area (Å²) in [7, 11) is 0. The minimum Gasteiger partial charge on any atom is -0.461 e. The maximum absolute atomic E-state index is 11.7. The predicted octanol–water partition coefficient (Wildman–Crippen LogP) is 2.05. The molecule has 0 bridgehead atoms. The standard InChI is InChI=1S/C17H19NO4/c1-2-3-4-12-5-7-13(8-6-12)11-22-16(20)10-14-9-15(19)18-17(14)21/h5-9H,2-4,10-11H2,1H3,(H,18,19,21). The number of rotatable bonds is 7. The van der Waals surface area contributed by atoms with Crippen LogP contribution in [0, 0.1) is 0 Å². The second kappa shape index (κ2) is 7.54. The number of ether oxygens (including phenoxy) is 1. The molecule has 0 radical (unpaired) electrons. The van der Waals surface area contributed by atoms with Crippen molar-refractivity contribution in [2.24, 2.45) is 0 Å². The maximum atomic E-state index is 11.7. The van der Waals surface area contributed by atoms with Crippen LogP contribution in [0.1, 0.15) is 37.3 Å². The highest BCUT2D eigenvalue weighted by molar-refractivity contribution is 6.17. The van der Waals surface area contributed by atoms with Crippen molar-refractivity contribution < 1.29 is 19.1 Å². The Bertz CT molecular complexity index is 602. The first-order chi connectivity index (χ1) is 10.6. The minimum absolute atomic E-state index is 0.143. The summed E-state index contributed by atoms with van der Waals surface area (Å²) in [5.41, 5.74) is 2.31. The average Bonchev–Trinajstić information content (AvgIpc) is 2.81. The molecule has 116 valence electrons. The highest BCUT2D eigenvalue weighted by Gasteiger charge is 2.23. The summed E-state index contributed by atoms with van der Waals surface area (Å²) in [6.45, 7) is 2.32. The van der Waals surface area contributed by atoms with Gasteiger partial charge in [-0.1, -0.05) is 37.6 Å². The monoisotopic (exact) mass is 301 g/mol. The van der Waals surface area contributed by atoms with Gasteiger partial charge in [0.05, 0.1) is 6.42 Å². The van der Waals surface area contributed by atoms with Crippen LogP contribution in [0.15, 0.2) is 35.9 Å². The Kier molecular flexibility index (Phi) is 5.47. The fraction of sp³-hybridized carbons (Fsp3) is 0.353. The second-order valence-electron chi connectivity index (χ2n) is 5.25. The van der Waals surface area contributed by atoms with Gasteiger partial charge in [0, 0.05) is 11.6 Å². The van der Waals surface area contributed by atoms with E-state index in [4.69, 9.17) is 4.74 Å². The topological polar surface area (TPSA) is 72.5 Å². The highest BCUT2D eigenvalue weighted by Crippen LogP contribution is 2.11. The molecule has 0 fully saturated rings. The average molecular weight is 301 g/mol. The van der Waals surface area contributed by atoms with E-state index >= 15 is 0 Å². The minimum atomic E-state index is -0.526. The van der Waals surface area contributed by atoms with E-state index < -0.39 is 17.8 Å². The molecular formula is C17H19NO4. The molecule has 22 heavy (non-hydrogen) atoms. The van der Waals surface area contributed by atoms with Gasteiger partial charge in [0.1, 0.15) is 6.61 Å². The fourth-order valence-electron chi connectivity index (χ4n) is 2.14.